The summed E-state index contributed by atoms with van der Waals surface area (Å²) in [6.07, 6.45) is 1.89. The molecule has 0 aliphatic carbocycles. The summed E-state index contributed by atoms with van der Waals surface area (Å²) in [5.74, 6) is 0. The van der Waals surface area contributed by atoms with Crippen molar-refractivity contribution in [1.29, 1.82) is 0 Å². The van der Waals surface area contributed by atoms with Gasteiger partial charge in [0.15, 0.2) is 0 Å². The number of nitrogens with zero attached hydrogens (tertiary/aromatic N) is 2. The first kappa shape index (κ1) is 15.1. The quantitative estimate of drug-likeness (QED) is 0.901. The maximum absolute atomic E-state index is 6.44. The second-order valence-electron chi connectivity index (χ2n) is 5.31. The first-order chi connectivity index (χ1) is 9.52. The molecule has 0 bridgehead atoms. The Bertz CT molecular complexity index is 587. The summed E-state index contributed by atoms with van der Waals surface area (Å²) in [7, 11) is 0. The van der Waals surface area contributed by atoms with Crippen LogP contribution in [0, 0.1) is 6.92 Å². The van der Waals surface area contributed by atoms with E-state index in [1.54, 1.807) is 0 Å². The highest BCUT2D eigenvalue weighted by Crippen LogP contribution is 2.31. The summed E-state index contributed by atoms with van der Waals surface area (Å²) in [5.41, 5.74) is 4.52. The van der Waals surface area contributed by atoms with E-state index in [0.717, 1.165) is 34.9 Å². The highest BCUT2D eigenvalue weighted by molar-refractivity contribution is 6.33. The molecule has 0 spiro atoms. The fraction of sp³-hybridized carbons (Fsp3) is 0.438. The molecular weight excluding hydrogens is 270 g/mol. The van der Waals surface area contributed by atoms with Crippen LogP contribution >= 0.6 is 11.6 Å². The number of hydrogen-bond donors (Lipinski definition) is 1. The maximum Gasteiger partial charge on any atom is 0.0571 e. The number of rotatable bonds is 5. The molecule has 0 saturated heterocycles. The number of hydrogen-bond acceptors (Lipinski definition) is 2. The minimum absolute atomic E-state index is 0.471. The third-order valence-corrected chi connectivity index (χ3v) is 3.75. The van der Waals surface area contributed by atoms with Gasteiger partial charge in [-0.15, -0.1) is 0 Å². The third-order valence-electron chi connectivity index (χ3n) is 3.44. The molecule has 20 heavy (non-hydrogen) atoms. The van der Waals surface area contributed by atoms with E-state index in [2.05, 4.69) is 50.2 Å². The van der Waals surface area contributed by atoms with E-state index in [1.165, 1.54) is 5.56 Å². The average Bonchev–Trinajstić information content (AvgIpc) is 2.77. The van der Waals surface area contributed by atoms with E-state index in [9.17, 15) is 0 Å². The highest BCUT2D eigenvalue weighted by Gasteiger charge is 2.11. The predicted molar refractivity (Wildman–Crippen MR) is 85.1 cm³/mol. The van der Waals surface area contributed by atoms with Gasteiger partial charge in [0.2, 0.25) is 0 Å². The van der Waals surface area contributed by atoms with Gasteiger partial charge < -0.3 is 5.32 Å². The van der Waals surface area contributed by atoms with Crippen molar-refractivity contribution in [2.24, 2.45) is 0 Å². The molecule has 3 nitrogen and oxygen atoms in total. The SMILES string of the molecule is CCn1ncc(-c2ccc(CNC(C)C)cc2Cl)c1C. The Morgan fingerprint density at radius 1 is 1.30 bits per heavy atom. The standard InChI is InChI=1S/C16H22ClN3/c1-5-20-12(4)15(10-19-20)14-7-6-13(8-16(14)17)9-18-11(2)3/h6-8,10-11,18H,5,9H2,1-4H3. The molecule has 2 aromatic rings. The minimum atomic E-state index is 0.471. The zero-order valence-electron chi connectivity index (χ0n) is 12.6. The van der Waals surface area contributed by atoms with Gasteiger partial charge in [0, 0.05) is 41.0 Å². The van der Waals surface area contributed by atoms with Crippen LogP contribution in [0.3, 0.4) is 0 Å². The lowest BCUT2D eigenvalue weighted by Crippen LogP contribution is -2.21. The topological polar surface area (TPSA) is 29.9 Å². The van der Waals surface area contributed by atoms with E-state index in [1.807, 2.05) is 16.9 Å². The van der Waals surface area contributed by atoms with Crippen molar-refractivity contribution in [3.63, 3.8) is 0 Å². The summed E-state index contributed by atoms with van der Waals surface area (Å²) in [4.78, 5) is 0. The van der Waals surface area contributed by atoms with Crippen LogP contribution in [0.1, 0.15) is 32.0 Å². The smallest absolute Gasteiger partial charge is 0.0571 e. The maximum atomic E-state index is 6.44. The van der Waals surface area contributed by atoms with E-state index >= 15 is 0 Å². The molecule has 0 aliphatic heterocycles. The molecule has 0 saturated carbocycles. The molecule has 1 heterocycles. The predicted octanol–water partition coefficient (Wildman–Crippen LogP) is 4.03. The number of nitrogens with one attached hydrogen (secondary N) is 1. The van der Waals surface area contributed by atoms with Crippen LogP contribution in [0.15, 0.2) is 24.4 Å². The first-order valence-corrected chi connectivity index (χ1v) is 7.45. The van der Waals surface area contributed by atoms with Crippen LogP contribution in [0.25, 0.3) is 11.1 Å². The molecular formula is C16H22ClN3. The van der Waals surface area contributed by atoms with Gasteiger partial charge in [-0.3, -0.25) is 4.68 Å². The summed E-state index contributed by atoms with van der Waals surface area (Å²) in [5, 5.41) is 8.56. The highest BCUT2D eigenvalue weighted by atomic mass is 35.5. The molecule has 1 aromatic carbocycles. The molecule has 0 radical (unpaired) electrons. The van der Waals surface area contributed by atoms with Crippen molar-refractivity contribution in [3.05, 3.63) is 40.7 Å². The largest absolute Gasteiger partial charge is 0.310 e. The third kappa shape index (κ3) is 3.22. The molecule has 2 rings (SSSR count). The molecule has 0 fully saturated rings. The lowest BCUT2D eigenvalue weighted by atomic mass is 10.0. The van der Waals surface area contributed by atoms with Crippen LogP contribution in [-0.2, 0) is 13.1 Å². The van der Waals surface area contributed by atoms with Gasteiger partial charge in [-0.1, -0.05) is 37.6 Å². The van der Waals surface area contributed by atoms with Gasteiger partial charge in [-0.25, -0.2) is 0 Å². The van der Waals surface area contributed by atoms with Crippen molar-refractivity contribution in [2.75, 3.05) is 0 Å². The molecule has 0 amide bonds. The van der Waals surface area contributed by atoms with E-state index < -0.39 is 0 Å². The Balaban J connectivity index is 2.27. The van der Waals surface area contributed by atoms with Crippen LogP contribution in [0.5, 0.6) is 0 Å². The van der Waals surface area contributed by atoms with E-state index in [-0.39, 0.29) is 0 Å². The fourth-order valence-electron chi connectivity index (χ4n) is 2.24. The summed E-state index contributed by atoms with van der Waals surface area (Å²) >= 11 is 6.44. The monoisotopic (exact) mass is 291 g/mol. The van der Waals surface area contributed by atoms with Gasteiger partial charge in [0.25, 0.3) is 0 Å². The van der Waals surface area contributed by atoms with Gasteiger partial charge in [0.1, 0.15) is 0 Å². The second kappa shape index (κ2) is 6.42. The second-order valence-corrected chi connectivity index (χ2v) is 5.72. The van der Waals surface area contributed by atoms with Crippen molar-refractivity contribution in [1.82, 2.24) is 15.1 Å². The first-order valence-electron chi connectivity index (χ1n) is 7.07. The van der Waals surface area contributed by atoms with Crippen molar-refractivity contribution >= 4 is 11.6 Å². The summed E-state index contributed by atoms with van der Waals surface area (Å²) in [6, 6.07) is 6.72. The van der Waals surface area contributed by atoms with Crippen LogP contribution < -0.4 is 5.32 Å². The molecule has 1 N–H and O–H groups in total. The van der Waals surface area contributed by atoms with Crippen LogP contribution in [-0.4, -0.2) is 15.8 Å². The Hall–Kier alpha value is -1.32. The lowest BCUT2D eigenvalue weighted by Gasteiger charge is -2.10. The van der Waals surface area contributed by atoms with Crippen molar-refractivity contribution < 1.29 is 0 Å². The number of benzene rings is 1. The van der Waals surface area contributed by atoms with Crippen molar-refractivity contribution in [2.45, 2.75) is 46.8 Å². The number of halogens is 1. The normalized spacial score (nSPS) is 11.3. The van der Waals surface area contributed by atoms with Gasteiger partial charge in [0.05, 0.1) is 6.20 Å². The van der Waals surface area contributed by atoms with Gasteiger partial charge in [-0.2, -0.15) is 5.10 Å². The molecule has 0 unspecified atom stereocenters. The minimum Gasteiger partial charge on any atom is -0.310 e. The lowest BCUT2D eigenvalue weighted by molar-refractivity contribution is 0.589. The molecule has 1 aromatic heterocycles. The molecule has 0 aliphatic rings. The fourth-order valence-corrected chi connectivity index (χ4v) is 2.54. The number of aromatic nitrogens is 2. The molecule has 0 atom stereocenters. The summed E-state index contributed by atoms with van der Waals surface area (Å²) in [6.45, 7) is 10.2. The molecule has 108 valence electrons. The average molecular weight is 292 g/mol. The zero-order chi connectivity index (χ0) is 14.7. The number of aryl methyl sites for hydroxylation is 1. The van der Waals surface area contributed by atoms with E-state index in [0.29, 0.717) is 6.04 Å². The Kier molecular flexibility index (Phi) is 4.84. The zero-order valence-corrected chi connectivity index (χ0v) is 13.3. The summed E-state index contributed by atoms with van der Waals surface area (Å²) < 4.78 is 1.99. The Morgan fingerprint density at radius 3 is 2.60 bits per heavy atom. The van der Waals surface area contributed by atoms with Crippen molar-refractivity contribution in [3.8, 4) is 11.1 Å². The molecule has 4 heteroatoms. The van der Waals surface area contributed by atoms with Gasteiger partial charge >= 0.3 is 0 Å². The van der Waals surface area contributed by atoms with E-state index in [4.69, 9.17) is 11.6 Å². The van der Waals surface area contributed by atoms with Crippen LogP contribution in [0.4, 0.5) is 0 Å². The Morgan fingerprint density at radius 2 is 2.05 bits per heavy atom. The Labute approximate surface area is 126 Å². The van der Waals surface area contributed by atoms with Gasteiger partial charge in [-0.05, 0) is 25.5 Å². The van der Waals surface area contributed by atoms with Crippen LogP contribution in [0.2, 0.25) is 5.02 Å².